The summed E-state index contributed by atoms with van der Waals surface area (Å²) in [5.41, 5.74) is 7.64. The molecule has 0 unspecified atom stereocenters. The predicted octanol–water partition coefficient (Wildman–Crippen LogP) is 4.04. The Morgan fingerprint density at radius 3 is 2.15 bits per heavy atom. The first-order valence-corrected chi connectivity index (χ1v) is 8.79. The summed E-state index contributed by atoms with van der Waals surface area (Å²) in [6.45, 7) is 5.93. The quantitative estimate of drug-likeness (QED) is 0.443. The molecule has 0 spiro atoms. The van der Waals surface area contributed by atoms with Gasteiger partial charge < -0.3 is 19.5 Å². The minimum absolute atomic E-state index is 0.412. The number of aryl methyl sites for hydroxylation is 2. The molecule has 0 saturated carbocycles. The van der Waals surface area contributed by atoms with Gasteiger partial charge in [-0.3, -0.25) is 5.43 Å². The van der Waals surface area contributed by atoms with Crippen molar-refractivity contribution in [1.82, 2.24) is 5.43 Å². The van der Waals surface area contributed by atoms with E-state index in [4.69, 9.17) is 26.4 Å². The Hall–Kier alpha value is -2.80. The maximum absolute atomic E-state index is 5.38. The van der Waals surface area contributed by atoms with Crippen LogP contribution in [0.15, 0.2) is 35.4 Å². The molecule has 2 aromatic carbocycles. The van der Waals surface area contributed by atoms with E-state index >= 15 is 0 Å². The zero-order valence-electron chi connectivity index (χ0n) is 16.5. The highest BCUT2D eigenvalue weighted by Gasteiger charge is 2.14. The number of methoxy groups -OCH3 is 3. The van der Waals surface area contributed by atoms with Crippen LogP contribution in [0.25, 0.3) is 0 Å². The number of hydrazone groups is 1. The largest absolute Gasteiger partial charge is 0.493 e. The molecule has 6 nitrogen and oxygen atoms in total. The summed E-state index contributed by atoms with van der Waals surface area (Å²) < 4.78 is 16.1. The van der Waals surface area contributed by atoms with Gasteiger partial charge in [-0.15, -0.1) is 0 Å². The second-order valence-electron chi connectivity index (χ2n) is 6.00. The fraction of sp³-hybridized carbons (Fsp3) is 0.300. The number of hydrogen-bond donors (Lipinski definition) is 2. The van der Waals surface area contributed by atoms with Gasteiger partial charge in [-0.1, -0.05) is 12.1 Å². The van der Waals surface area contributed by atoms with E-state index < -0.39 is 0 Å². The molecule has 2 aromatic rings. The summed E-state index contributed by atoms with van der Waals surface area (Å²) in [6.07, 6.45) is 0. The van der Waals surface area contributed by atoms with Crippen LogP contribution in [-0.2, 0) is 0 Å². The molecule has 0 bridgehead atoms. The number of hydrogen-bond acceptors (Lipinski definition) is 5. The van der Waals surface area contributed by atoms with Crippen LogP contribution in [0.5, 0.6) is 17.2 Å². The van der Waals surface area contributed by atoms with E-state index in [1.54, 1.807) is 21.3 Å². The van der Waals surface area contributed by atoms with Crippen molar-refractivity contribution in [3.8, 4) is 17.2 Å². The van der Waals surface area contributed by atoms with E-state index in [2.05, 4.69) is 21.9 Å². The number of rotatable bonds is 6. The van der Waals surface area contributed by atoms with E-state index in [0.29, 0.717) is 22.4 Å². The molecular formula is C20H25N3O3S. The van der Waals surface area contributed by atoms with Crippen molar-refractivity contribution in [1.29, 1.82) is 0 Å². The number of nitrogens with one attached hydrogen (secondary N) is 2. The van der Waals surface area contributed by atoms with E-state index in [-0.39, 0.29) is 0 Å². The van der Waals surface area contributed by atoms with Gasteiger partial charge in [-0.25, -0.2) is 0 Å². The van der Waals surface area contributed by atoms with E-state index in [1.165, 1.54) is 0 Å². The van der Waals surface area contributed by atoms with Gasteiger partial charge in [0.2, 0.25) is 5.75 Å². The second-order valence-corrected chi connectivity index (χ2v) is 6.40. The van der Waals surface area contributed by atoms with Gasteiger partial charge in [0.15, 0.2) is 16.6 Å². The van der Waals surface area contributed by atoms with Crippen LogP contribution < -0.4 is 25.0 Å². The molecule has 144 valence electrons. The third-order valence-corrected chi connectivity index (χ3v) is 4.24. The monoisotopic (exact) mass is 387 g/mol. The molecule has 0 radical (unpaired) electrons. The van der Waals surface area contributed by atoms with Crippen molar-refractivity contribution in [2.75, 3.05) is 26.6 Å². The Morgan fingerprint density at radius 2 is 1.59 bits per heavy atom. The molecule has 0 aliphatic rings. The lowest BCUT2D eigenvalue weighted by Crippen LogP contribution is -2.25. The highest BCUT2D eigenvalue weighted by Crippen LogP contribution is 2.38. The summed E-state index contributed by atoms with van der Waals surface area (Å²) in [4.78, 5) is 0. The molecule has 0 aliphatic carbocycles. The van der Waals surface area contributed by atoms with Crippen molar-refractivity contribution < 1.29 is 14.2 Å². The molecule has 0 saturated heterocycles. The minimum atomic E-state index is 0.412. The Morgan fingerprint density at radius 1 is 0.963 bits per heavy atom. The van der Waals surface area contributed by atoms with Crippen LogP contribution in [0.2, 0.25) is 0 Å². The van der Waals surface area contributed by atoms with Crippen molar-refractivity contribution in [2.45, 2.75) is 20.8 Å². The molecule has 0 heterocycles. The normalized spacial score (nSPS) is 11.0. The molecule has 2 N–H and O–H groups in total. The number of ether oxygens (including phenoxy) is 3. The molecular weight excluding hydrogens is 362 g/mol. The molecule has 2 rings (SSSR count). The third-order valence-electron chi connectivity index (χ3n) is 4.05. The summed E-state index contributed by atoms with van der Waals surface area (Å²) in [6, 6.07) is 9.82. The minimum Gasteiger partial charge on any atom is -0.493 e. The molecule has 27 heavy (non-hydrogen) atoms. The van der Waals surface area contributed by atoms with Crippen LogP contribution in [0.1, 0.15) is 23.6 Å². The first kappa shape index (κ1) is 20.5. The van der Waals surface area contributed by atoms with Crippen molar-refractivity contribution in [3.05, 3.63) is 47.0 Å². The first-order chi connectivity index (χ1) is 12.9. The van der Waals surface area contributed by atoms with Gasteiger partial charge in [-0.2, -0.15) is 5.10 Å². The average molecular weight is 388 g/mol. The van der Waals surface area contributed by atoms with Crippen LogP contribution in [-0.4, -0.2) is 32.2 Å². The van der Waals surface area contributed by atoms with Gasteiger partial charge >= 0.3 is 0 Å². The van der Waals surface area contributed by atoms with Gasteiger partial charge in [-0.05, 0) is 62.3 Å². The zero-order valence-corrected chi connectivity index (χ0v) is 17.3. The van der Waals surface area contributed by atoms with Crippen LogP contribution >= 0.6 is 12.2 Å². The molecule has 0 fully saturated rings. The number of thiocarbonyl (C=S) groups is 1. The van der Waals surface area contributed by atoms with Gasteiger partial charge in [0.1, 0.15) is 0 Å². The fourth-order valence-electron chi connectivity index (χ4n) is 2.51. The van der Waals surface area contributed by atoms with Gasteiger partial charge in [0.25, 0.3) is 0 Å². The summed E-state index contributed by atoms with van der Waals surface area (Å²) in [5.74, 6) is 1.67. The van der Waals surface area contributed by atoms with Crippen molar-refractivity contribution in [2.24, 2.45) is 5.10 Å². The Labute approximate surface area is 165 Å². The summed E-state index contributed by atoms with van der Waals surface area (Å²) in [7, 11) is 4.73. The SMILES string of the molecule is COc1cc(/C(C)=N/NC(=S)Nc2cc(C)ccc2C)cc(OC)c1OC. The molecule has 0 amide bonds. The highest BCUT2D eigenvalue weighted by molar-refractivity contribution is 7.80. The maximum Gasteiger partial charge on any atom is 0.203 e. The smallest absolute Gasteiger partial charge is 0.203 e. The number of anilines is 1. The topological polar surface area (TPSA) is 64.1 Å². The molecule has 7 heteroatoms. The Kier molecular flexibility index (Phi) is 7.01. The lowest BCUT2D eigenvalue weighted by Gasteiger charge is -2.14. The highest BCUT2D eigenvalue weighted by atomic mass is 32.1. The number of nitrogens with zero attached hydrogens (tertiary/aromatic N) is 1. The summed E-state index contributed by atoms with van der Waals surface area (Å²) >= 11 is 5.35. The third kappa shape index (κ3) is 5.10. The fourth-order valence-corrected chi connectivity index (χ4v) is 2.67. The Bertz CT molecular complexity index is 841. The van der Waals surface area contributed by atoms with Crippen LogP contribution in [0.4, 0.5) is 5.69 Å². The lowest BCUT2D eigenvalue weighted by atomic mass is 10.1. The van der Waals surface area contributed by atoms with Gasteiger partial charge in [0.05, 0.1) is 27.0 Å². The zero-order chi connectivity index (χ0) is 20.0. The van der Waals surface area contributed by atoms with Crippen molar-refractivity contribution in [3.63, 3.8) is 0 Å². The molecule has 0 atom stereocenters. The van der Waals surface area contributed by atoms with Gasteiger partial charge in [0, 0.05) is 11.3 Å². The predicted molar refractivity (Wildman–Crippen MR) is 114 cm³/mol. The van der Waals surface area contributed by atoms with Crippen molar-refractivity contribution >= 4 is 28.7 Å². The summed E-state index contributed by atoms with van der Waals surface area (Å²) in [5, 5.41) is 7.94. The Balaban J connectivity index is 2.17. The molecule has 0 aromatic heterocycles. The average Bonchev–Trinajstić information content (AvgIpc) is 2.67. The lowest BCUT2D eigenvalue weighted by molar-refractivity contribution is 0.324. The first-order valence-electron chi connectivity index (χ1n) is 8.38. The maximum atomic E-state index is 5.38. The van der Waals surface area contributed by atoms with E-state index in [9.17, 15) is 0 Å². The molecule has 0 aliphatic heterocycles. The van der Waals surface area contributed by atoms with Crippen LogP contribution in [0.3, 0.4) is 0 Å². The van der Waals surface area contributed by atoms with Crippen LogP contribution in [0, 0.1) is 13.8 Å². The van der Waals surface area contributed by atoms with E-state index in [0.717, 1.165) is 28.1 Å². The second kappa shape index (κ2) is 9.23. The standard InChI is InChI=1S/C20H25N3O3S/c1-12-7-8-13(2)16(9-12)21-20(27)23-22-14(3)15-10-17(24-4)19(26-6)18(11-15)25-5/h7-11H,1-6H3,(H2,21,23,27)/b22-14+. The number of benzene rings is 2. The van der Waals surface area contributed by atoms with E-state index in [1.807, 2.05) is 45.0 Å².